The molecule has 0 aromatic carbocycles. The van der Waals surface area contributed by atoms with E-state index in [1.165, 1.54) is 0 Å². The summed E-state index contributed by atoms with van der Waals surface area (Å²) in [5.41, 5.74) is 1.56. The van der Waals surface area contributed by atoms with Crippen LogP contribution >= 0.6 is 0 Å². The summed E-state index contributed by atoms with van der Waals surface area (Å²) in [5, 5.41) is 19.1. The fraction of sp³-hybridized carbons (Fsp3) is 0.538. The van der Waals surface area contributed by atoms with Gasteiger partial charge in [-0.05, 0) is 30.9 Å². The molecule has 4 nitrogen and oxygen atoms in total. The first-order chi connectivity index (χ1) is 8.13. The van der Waals surface area contributed by atoms with E-state index < -0.39 is 0 Å². The standard InChI is InChI=1S/C13H17N3O/c1-9-3-5-15-13(11(9)7-14)16-6-4-10(2)12(17)8-16/h3,5,10,12,17H,4,6,8H2,1-2H3. The second-order valence-electron chi connectivity index (χ2n) is 4.72. The predicted molar refractivity (Wildman–Crippen MR) is 65.7 cm³/mol. The molecule has 2 unspecified atom stereocenters. The number of piperidine rings is 1. The smallest absolute Gasteiger partial charge is 0.146 e. The molecule has 4 heteroatoms. The number of aromatic nitrogens is 1. The van der Waals surface area contributed by atoms with Crippen LogP contribution in [0.4, 0.5) is 5.82 Å². The monoisotopic (exact) mass is 231 g/mol. The molecule has 17 heavy (non-hydrogen) atoms. The van der Waals surface area contributed by atoms with Crippen molar-refractivity contribution in [2.24, 2.45) is 5.92 Å². The zero-order valence-corrected chi connectivity index (χ0v) is 10.2. The van der Waals surface area contributed by atoms with Gasteiger partial charge in [-0.25, -0.2) is 4.98 Å². The average Bonchev–Trinajstić information content (AvgIpc) is 2.32. The van der Waals surface area contributed by atoms with Crippen molar-refractivity contribution in [1.29, 1.82) is 5.26 Å². The third kappa shape index (κ3) is 2.25. The molecule has 0 spiro atoms. The third-order valence-electron chi connectivity index (χ3n) is 3.47. The minimum absolute atomic E-state index is 0.321. The Balaban J connectivity index is 2.29. The third-order valence-corrected chi connectivity index (χ3v) is 3.47. The first-order valence-corrected chi connectivity index (χ1v) is 5.92. The maximum atomic E-state index is 9.89. The van der Waals surface area contributed by atoms with Crippen molar-refractivity contribution >= 4 is 5.82 Å². The molecule has 2 atom stereocenters. The van der Waals surface area contributed by atoms with Crippen molar-refractivity contribution in [2.45, 2.75) is 26.4 Å². The van der Waals surface area contributed by atoms with Gasteiger partial charge in [0.25, 0.3) is 0 Å². The van der Waals surface area contributed by atoms with Gasteiger partial charge in [-0.2, -0.15) is 5.26 Å². The molecule has 1 fully saturated rings. The number of nitrogens with zero attached hydrogens (tertiary/aromatic N) is 3. The summed E-state index contributed by atoms with van der Waals surface area (Å²) in [4.78, 5) is 6.30. The van der Waals surface area contributed by atoms with Crippen LogP contribution in [0.15, 0.2) is 12.3 Å². The lowest BCUT2D eigenvalue weighted by Crippen LogP contribution is -2.43. The molecular formula is C13H17N3O. The number of rotatable bonds is 1. The van der Waals surface area contributed by atoms with Crippen LogP contribution in [0.3, 0.4) is 0 Å². The molecule has 1 aromatic heterocycles. The first-order valence-electron chi connectivity index (χ1n) is 5.92. The maximum Gasteiger partial charge on any atom is 0.146 e. The Labute approximate surface area is 102 Å². The van der Waals surface area contributed by atoms with Crippen molar-refractivity contribution in [3.8, 4) is 6.07 Å². The van der Waals surface area contributed by atoms with E-state index in [0.717, 1.165) is 18.5 Å². The van der Waals surface area contributed by atoms with E-state index >= 15 is 0 Å². The van der Waals surface area contributed by atoms with Gasteiger partial charge in [0.05, 0.1) is 11.7 Å². The summed E-state index contributed by atoms with van der Waals surface area (Å²) >= 11 is 0. The topological polar surface area (TPSA) is 60.1 Å². The molecule has 1 N–H and O–H groups in total. The molecule has 0 radical (unpaired) electrons. The van der Waals surface area contributed by atoms with Gasteiger partial charge < -0.3 is 10.0 Å². The number of hydrogen-bond donors (Lipinski definition) is 1. The van der Waals surface area contributed by atoms with Crippen LogP contribution in [0.2, 0.25) is 0 Å². The number of aryl methyl sites for hydroxylation is 1. The average molecular weight is 231 g/mol. The minimum Gasteiger partial charge on any atom is -0.391 e. The number of aliphatic hydroxyl groups excluding tert-OH is 1. The summed E-state index contributed by atoms with van der Waals surface area (Å²) in [6.07, 6.45) is 2.31. The second kappa shape index (κ2) is 4.72. The van der Waals surface area contributed by atoms with Crippen molar-refractivity contribution in [1.82, 2.24) is 4.98 Å². The lowest BCUT2D eigenvalue weighted by Gasteiger charge is -2.35. The molecule has 0 bridgehead atoms. The summed E-state index contributed by atoms with van der Waals surface area (Å²) in [5.74, 6) is 1.03. The van der Waals surface area contributed by atoms with Gasteiger partial charge >= 0.3 is 0 Å². The van der Waals surface area contributed by atoms with E-state index in [1.54, 1.807) is 6.20 Å². The normalized spacial score (nSPS) is 24.5. The largest absolute Gasteiger partial charge is 0.391 e. The molecular weight excluding hydrogens is 214 g/mol. The zero-order valence-electron chi connectivity index (χ0n) is 10.2. The molecule has 2 rings (SSSR count). The van der Waals surface area contributed by atoms with Gasteiger partial charge in [0.2, 0.25) is 0 Å². The number of anilines is 1. The van der Waals surface area contributed by atoms with E-state index in [-0.39, 0.29) is 6.10 Å². The van der Waals surface area contributed by atoms with Gasteiger partial charge in [-0.15, -0.1) is 0 Å². The zero-order chi connectivity index (χ0) is 12.4. The highest BCUT2D eigenvalue weighted by molar-refractivity contribution is 5.57. The van der Waals surface area contributed by atoms with Crippen LogP contribution in [-0.4, -0.2) is 29.3 Å². The van der Waals surface area contributed by atoms with Gasteiger partial charge in [0.1, 0.15) is 11.9 Å². The van der Waals surface area contributed by atoms with Crippen LogP contribution in [0, 0.1) is 24.2 Å². The number of hydrogen-bond acceptors (Lipinski definition) is 4. The Bertz CT molecular complexity index is 452. The maximum absolute atomic E-state index is 9.89. The fourth-order valence-electron chi connectivity index (χ4n) is 2.16. The Hall–Kier alpha value is -1.60. The molecule has 1 aliphatic heterocycles. The Morgan fingerprint density at radius 2 is 2.35 bits per heavy atom. The van der Waals surface area contributed by atoms with Crippen LogP contribution in [0.25, 0.3) is 0 Å². The SMILES string of the molecule is Cc1ccnc(N2CCC(C)C(O)C2)c1C#N. The van der Waals surface area contributed by atoms with E-state index in [9.17, 15) is 5.11 Å². The number of β-amino-alcohol motifs (C(OH)–C–C–N with tert-alkyl or cyclic N) is 1. The summed E-state index contributed by atoms with van der Waals surface area (Å²) in [6.45, 7) is 5.37. The number of pyridine rings is 1. The Morgan fingerprint density at radius 1 is 1.59 bits per heavy atom. The highest BCUT2D eigenvalue weighted by Crippen LogP contribution is 2.25. The summed E-state index contributed by atoms with van der Waals surface area (Å²) < 4.78 is 0. The quantitative estimate of drug-likeness (QED) is 0.795. The highest BCUT2D eigenvalue weighted by atomic mass is 16.3. The lowest BCUT2D eigenvalue weighted by molar-refractivity contribution is 0.102. The molecule has 2 heterocycles. The van der Waals surface area contributed by atoms with Crippen LogP contribution in [-0.2, 0) is 0 Å². The number of aliphatic hydroxyl groups is 1. The number of nitriles is 1. The molecule has 0 amide bonds. The van der Waals surface area contributed by atoms with E-state index in [4.69, 9.17) is 5.26 Å². The first kappa shape index (κ1) is 11.9. The molecule has 1 aromatic rings. The van der Waals surface area contributed by atoms with E-state index in [1.807, 2.05) is 17.9 Å². The van der Waals surface area contributed by atoms with Gasteiger partial charge in [-0.3, -0.25) is 0 Å². The molecule has 0 aliphatic carbocycles. The molecule has 0 saturated carbocycles. The van der Waals surface area contributed by atoms with E-state index in [0.29, 0.717) is 23.8 Å². The Morgan fingerprint density at radius 3 is 3.00 bits per heavy atom. The Kier molecular flexibility index (Phi) is 3.30. The van der Waals surface area contributed by atoms with Crippen LogP contribution in [0.5, 0.6) is 0 Å². The van der Waals surface area contributed by atoms with Crippen molar-refractivity contribution < 1.29 is 5.11 Å². The van der Waals surface area contributed by atoms with Crippen molar-refractivity contribution in [3.63, 3.8) is 0 Å². The summed E-state index contributed by atoms with van der Waals surface area (Å²) in [6, 6.07) is 4.04. The summed E-state index contributed by atoms with van der Waals surface area (Å²) in [7, 11) is 0. The lowest BCUT2D eigenvalue weighted by atomic mass is 9.95. The van der Waals surface area contributed by atoms with Gasteiger partial charge in [0.15, 0.2) is 0 Å². The molecule has 90 valence electrons. The van der Waals surface area contributed by atoms with Crippen LogP contribution in [0.1, 0.15) is 24.5 Å². The molecule has 1 saturated heterocycles. The van der Waals surface area contributed by atoms with Gasteiger partial charge in [-0.1, -0.05) is 6.92 Å². The van der Waals surface area contributed by atoms with Crippen molar-refractivity contribution in [2.75, 3.05) is 18.0 Å². The minimum atomic E-state index is -0.336. The predicted octanol–water partition coefficient (Wildman–Crippen LogP) is 1.47. The molecule has 1 aliphatic rings. The van der Waals surface area contributed by atoms with Crippen molar-refractivity contribution in [3.05, 3.63) is 23.4 Å². The highest BCUT2D eigenvalue weighted by Gasteiger charge is 2.26. The van der Waals surface area contributed by atoms with E-state index in [2.05, 4.69) is 18.0 Å². The van der Waals surface area contributed by atoms with Crippen LogP contribution < -0.4 is 4.90 Å². The fourth-order valence-corrected chi connectivity index (χ4v) is 2.16. The second-order valence-corrected chi connectivity index (χ2v) is 4.72. The van der Waals surface area contributed by atoms with Gasteiger partial charge in [0, 0.05) is 19.3 Å².